The van der Waals surface area contributed by atoms with E-state index in [0.717, 1.165) is 0 Å². The predicted octanol–water partition coefficient (Wildman–Crippen LogP) is 0.514. The Hall–Kier alpha value is -2.31. The second kappa shape index (κ2) is 4.28. The van der Waals surface area contributed by atoms with Crippen molar-refractivity contribution in [3.63, 3.8) is 0 Å². The molecule has 0 aliphatic rings. The number of aryl methyl sites for hydroxylation is 1. The Morgan fingerprint density at radius 3 is 2.88 bits per heavy atom. The van der Waals surface area contributed by atoms with Crippen LogP contribution < -0.4 is 11.1 Å². The summed E-state index contributed by atoms with van der Waals surface area (Å²) < 4.78 is 0. The molecule has 0 aromatic carbocycles. The average Bonchev–Trinajstić information content (AvgIpc) is 2.90. The lowest BCUT2D eigenvalue weighted by Gasteiger charge is -2.10. The first-order valence-corrected chi connectivity index (χ1v) is 5.20. The Bertz CT molecular complexity index is 515. The first kappa shape index (κ1) is 11.2. The van der Waals surface area contributed by atoms with Crippen molar-refractivity contribution in [3.8, 4) is 0 Å². The highest BCUT2D eigenvalue weighted by Gasteiger charge is 2.18. The third-order valence-electron chi connectivity index (χ3n) is 2.49. The SMILES string of the molecule is Cc1[nH]nc(C(=O)NC(C)c2ncc[nH]2)c1N. The summed E-state index contributed by atoms with van der Waals surface area (Å²) >= 11 is 0. The number of carbonyl (C=O) groups is 1. The number of rotatable bonds is 3. The van der Waals surface area contributed by atoms with Crippen LogP contribution in [0.25, 0.3) is 0 Å². The van der Waals surface area contributed by atoms with Gasteiger partial charge in [0, 0.05) is 12.4 Å². The minimum atomic E-state index is -0.323. The van der Waals surface area contributed by atoms with E-state index in [9.17, 15) is 4.79 Å². The molecule has 0 spiro atoms. The van der Waals surface area contributed by atoms with Crippen LogP contribution in [0.3, 0.4) is 0 Å². The molecule has 2 aromatic rings. The van der Waals surface area contributed by atoms with Crippen LogP contribution in [0.15, 0.2) is 12.4 Å². The van der Waals surface area contributed by atoms with E-state index >= 15 is 0 Å². The number of amides is 1. The zero-order chi connectivity index (χ0) is 12.4. The van der Waals surface area contributed by atoms with Gasteiger partial charge in [0.25, 0.3) is 5.91 Å². The number of nitrogen functional groups attached to an aromatic ring is 1. The van der Waals surface area contributed by atoms with Crippen LogP contribution in [0, 0.1) is 6.92 Å². The summed E-state index contributed by atoms with van der Waals surface area (Å²) in [6.07, 6.45) is 3.33. The van der Waals surface area contributed by atoms with Crippen LogP contribution in [-0.2, 0) is 0 Å². The number of nitrogens with two attached hydrogens (primary N) is 1. The van der Waals surface area contributed by atoms with Crippen LogP contribution in [-0.4, -0.2) is 26.1 Å². The number of imidazole rings is 1. The zero-order valence-electron chi connectivity index (χ0n) is 9.61. The number of hydrogen-bond donors (Lipinski definition) is 4. The van der Waals surface area contributed by atoms with Gasteiger partial charge in [0.1, 0.15) is 5.82 Å². The molecule has 2 aromatic heterocycles. The molecule has 0 radical (unpaired) electrons. The molecule has 1 unspecified atom stereocenters. The molecular weight excluding hydrogens is 220 g/mol. The van der Waals surface area contributed by atoms with Crippen molar-refractivity contribution in [1.82, 2.24) is 25.5 Å². The van der Waals surface area contributed by atoms with E-state index in [-0.39, 0.29) is 17.6 Å². The molecule has 0 aliphatic carbocycles. The van der Waals surface area contributed by atoms with Crippen molar-refractivity contribution in [2.24, 2.45) is 0 Å². The number of hydrogen-bond acceptors (Lipinski definition) is 4. The van der Waals surface area contributed by atoms with Crippen molar-refractivity contribution < 1.29 is 4.79 Å². The fourth-order valence-corrected chi connectivity index (χ4v) is 1.46. The molecule has 7 nitrogen and oxygen atoms in total. The number of aromatic amines is 2. The summed E-state index contributed by atoms with van der Waals surface area (Å²) in [5, 5.41) is 9.28. The highest BCUT2D eigenvalue weighted by atomic mass is 16.2. The van der Waals surface area contributed by atoms with Crippen LogP contribution in [0.2, 0.25) is 0 Å². The van der Waals surface area contributed by atoms with Gasteiger partial charge >= 0.3 is 0 Å². The van der Waals surface area contributed by atoms with Gasteiger partial charge in [0.05, 0.1) is 17.4 Å². The minimum absolute atomic E-state index is 0.209. The fraction of sp³-hybridized carbons (Fsp3) is 0.300. The molecule has 7 heteroatoms. The summed E-state index contributed by atoms with van der Waals surface area (Å²) in [6.45, 7) is 3.58. The summed E-state index contributed by atoms with van der Waals surface area (Å²) in [5.41, 5.74) is 6.98. The first-order valence-electron chi connectivity index (χ1n) is 5.20. The summed E-state index contributed by atoms with van der Waals surface area (Å²) in [4.78, 5) is 18.9. The molecule has 0 aliphatic heterocycles. The van der Waals surface area contributed by atoms with E-state index in [0.29, 0.717) is 17.2 Å². The maximum Gasteiger partial charge on any atom is 0.274 e. The van der Waals surface area contributed by atoms with Crippen molar-refractivity contribution in [3.05, 3.63) is 29.6 Å². The molecular formula is C10H14N6O. The Morgan fingerprint density at radius 2 is 2.35 bits per heavy atom. The smallest absolute Gasteiger partial charge is 0.274 e. The minimum Gasteiger partial charge on any atom is -0.395 e. The average molecular weight is 234 g/mol. The molecule has 0 bridgehead atoms. The largest absolute Gasteiger partial charge is 0.395 e. The van der Waals surface area contributed by atoms with Gasteiger partial charge < -0.3 is 16.0 Å². The van der Waals surface area contributed by atoms with Gasteiger partial charge in [-0.05, 0) is 13.8 Å². The first-order chi connectivity index (χ1) is 8.09. The van der Waals surface area contributed by atoms with Crippen molar-refractivity contribution in [2.45, 2.75) is 19.9 Å². The van der Waals surface area contributed by atoms with Gasteiger partial charge in [0.2, 0.25) is 0 Å². The quantitative estimate of drug-likeness (QED) is 0.619. The Kier molecular flexibility index (Phi) is 2.82. The predicted molar refractivity (Wildman–Crippen MR) is 62.2 cm³/mol. The Balaban J connectivity index is 2.10. The standard InChI is InChI=1S/C10H14N6O/c1-5-7(11)8(16-15-5)10(17)14-6(2)9-12-3-4-13-9/h3-4,6H,11H2,1-2H3,(H,12,13)(H,14,17)(H,15,16). The van der Waals surface area contributed by atoms with E-state index in [2.05, 4.69) is 25.5 Å². The maximum atomic E-state index is 11.9. The maximum absolute atomic E-state index is 11.9. The molecule has 90 valence electrons. The molecule has 17 heavy (non-hydrogen) atoms. The van der Waals surface area contributed by atoms with E-state index in [4.69, 9.17) is 5.73 Å². The highest BCUT2D eigenvalue weighted by molar-refractivity contribution is 5.97. The lowest BCUT2D eigenvalue weighted by Crippen LogP contribution is -2.28. The summed E-state index contributed by atoms with van der Waals surface area (Å²) in [5.74, 6) is 0.361. The van der Waals surface area contributed by atoms with E-state index in [1.165, 1.54) is 0 Å². The Labute approximate surface area is 97.8 Å². The number of carbonyl (C=O) groups excluding carboxylic acids is 1. The molecule has 2 heterocycles. The number of H-pyrrole nitrogens is 2. The van der Waals surface area contributed by atoms with Gasteiger partial charge in [-0.3, -0.25) is 9.89 Å². The van der Waals surface area contributed by atoms with Crippen LogP contribution in [0.5, 0.6) is 0 Å². The lowest BCUT2D eigenvalue weighted by atomic mass is 10.2. The van der Waals surface area contributed by atoms with Crippen molar-refractivity contribution >= 4 is 11.6 Å². The zero-order valence-corrected chi connectivity index (χ0v) is 9.61. The third-order valence-corrected chi connectivity index (χ3v) is 2.49. The number of anilines is 1. The third kappa shape index (κ3) is 2.12. The molecule has 0 fully saturated rings. The summed E-state index contributed by atoms with van der Waals surface area (Å²) in [6, 6.07) is -0.228. The van der Waals surface area contributed by atoms with E-state index in [1.807, 2.05) is 6.92 Å². The molecule has 0 saturated heterocycles. The van der Waals surface area contributed by atoms with Gasteiger partial charge in [0.15, 0.2) is 5.69 Å². The normalized spacial score (nSPS) is 12.4. The van der Waals surface area contributed by atoms with Gasteiger partial charge in [-0.2, -0.15) is 5.10 Å². The molecule has 5 N–H and O–H groups in total. The molecule has 2 rings (SSSR count). The van der Waals surface area contributed by atoms with Crippen LogP contribution >= 0.6 is 0 Å². The van der Waals surface area contributed by atoms with Gasteiger partial charge in [-0.25, -0.2) is 4.98 Å². The Morgan fingerprint density at radius 1 is 1.59 bits per heavy atom. The monoisotopic (exact) mass is 234 g/mol. The van der Waals surface area contributed by atoms with E-state index in [1.54, 1.807) is 19.3 Å². The lowest BCUT2D eigenvalue weighted by molar-refractivity contribution is 0.0934. The molecule has 0 saturated carbocycles. The molecule has 1 amide bonds. The molecule has 1 atom stereocenters. The number of nitrogens with one attached hydrogen (secondary N) is 3. The van der Waals surface area contributed by atoms with E-state index < -0.39 is 0 Å². The van der Waals surface area contributed by atoms with Crippen LogP contribution in [0.1, 0.15) is 35.0 Å². The van der Waals surface area contributed by atoms with Crippen molar-refractivity contribution in [1.29, 1.82) is 0 Å². The second-order valence-electron chi connectivity index (χ2n) is 3.78. The van der Waals surface area contributed by atoms with Gasteiger partial charge in [-0.15, -0.1) is 0 Å². The van der Waals surface area contributed by atoms with Gasteiger partial charge in [-0.1, -0.05) is 0 Å². The van der Waals surface area contributed by atoms with Crippen molar-refractivity contribution in [2.75, 3.05) is 5.73 Å². The number of aromatic nitrogens is 4. The summed E-state index contributed by atoms with van der Waals surface area (Å²) in [7, 11) is 0. The topological polar surface area (TPSA) is 112 Å². The highest BCUT2D eigenvalue weighted by Crippen LogP contribution is 2.14. The second-order valence-corrected chi connectivity index (χ2v) is 3.78. The number of nitrogens with zero attached hydrogens (tertiary/aromatic N) is 2. The fourth-order valence-electron chi connectivity index (χ4n) is 1.46. The van der Waals surface area contributed by atoms with Crippen LogP contribution in [0.4, 0.5) is 5.69 Å².